The molecule has 0 aromatic carbocycles. The Balaban J connectivity index is 1.81. The maximum Gasteiger partial charge on any atom is 0.220 e. The second-order valence-electron chi connectivity index (χ2n) is 5.67. The van der Waals surface area contributed by atoms with Gasteiger partial charge in [-0.3, -0.25) is 9.69 Å². The van der Waals surface area contributed by atoms with E-state index in [4.69, 9.17) is 10.5 Å². The average Bonchev–Trinajstić information content (AvgIpc) is 3.02. The maximum atomic E-state index is 12.1. The summed E-state index contributed by atoms with van der Waals surface area (Å²) in [5.41, 5.74) is 6.46. The molecule has 0 saturated carbocycles. The molecule has 0 spiro atoms. The standard InChI is InChI=1S/C14H24N4O2S/c1-9(2)18-6-11(12(7-18)20-3)17-13(19)5-4-10-8-21-14(15)16-10/h8-9,11-12H,4-7H2,1-3H3,(H2,15,16)(H,17,19)/t11-,12-/m1/s1. The van der Waals surface area contributed by atoms with Crippen LogP contribution < -0.4 is 11.1 Å². The molecular weight excluding hydrogens is 288 g/mol. The summed E-state index contributed by atoms with van der Waals surface area (Å²) in [4.78, 5) is 18.6. The minimum absolute atomic E-state index is 0.0410. The van der Waals surface area contributed by atoms with E-state index >= 15 is 0 Å². The first-order valence-electron chi connectivity index (χ1n) is 7.25. The number of anilines is 1. The van der Waals surface area contributed by atoms with Crippen LogP contribution in [-0.4, -0.2) is 54.2 Å². The lowest BCUT2D eigenvalue weighted by Crippen LogP contribution is -2.43. The summed E-state index contributed by atoms with van der Waals surface area (Å²) >= 11 is 1.40. The van der Waals surface area contributed by atoms with Crippen molar-refractivity contribution in [3.8, 4) is 0 Å². The van der Waals surface area contributed by atoms with Gasteiger partial charge in [-0.2, -0.15) is 0 Å². The van der Waals surface area contributed by atoms with Crippen LogP contribution in [0.5, 0.6) is 0 Å². The number of hydrogen-bond acceptors (Lipinski definition) is 6. The zero-order chi connectivity index (χ0) is 15.4. The Labute approximate surface area is 129 Å². The number of nitrogens with two attached hydrogens (primary N) is 1. The quantitative estimate of drug-likeness (QED) is 0.815. The van der Waals surface area contributed by atoms with Gasteiger partial charge in [0, 0.05) is 38.0 Å². The minimum Gasteiger partial charge on any atom is -0.378 e. The number of nitrogens with one attached hydrogen (secondary N) is 1. The van der Waals surface area contributed by atoms with Crippen molar-refractivity contribution in [2.24, 2.45) is 0 Å². The highest BCUT2D eigenvalue weighted by Gasteiger charge is 2.34. The van der Waals surface area contributed by atoms with E-state index in [1.165, 1.54) is 11.3 Å². The number of aromatic nitrogens is 1. The van der Waals surface area contributed by atoms with E-state index in [0.29, 0.717) is 24.0 Å². The molecule has 2 atom stereocenters. The molecule has 0 radical (unpaired) electrons. The monoisotopic (exact) mass is 312 g/mol. The number of nitrogens with zero attached hydrogens (tertiary/aromatic N) is 2. The van der Waals surface area contributed by atoms with Gasteiger partial charge in [0.25, 0.3) is 0 Å². The lowest BCUT2D eigenvalue weighted by Gasteiger charge is -2.20. The molecule has 6 nitrogen and oxygen atoms in total. The maximum absolute atomic E-state index is 12.1. The first-order valence-corrected chi connectivity index (χ1v) is 8.13. The highest BCUT2D eigenvalue weighted by Crippen LogP contribution is 2.16. The fraction of sp³-hybridized carbons (Fsp3) is 0.714. The Bertz CT molecular complexity index is 477. The van der Waals surface area contributed by atoms with Gasteiger partial charge in [-0.25, -0.2) is 4.98 Å². The summed E-state index contributed by atoms with van der Waals surface area (Å²) in [6.07, 6.45) is 1.11. The Morgan fingerprint density at radius 3 is 2.95 bits per heavy atom. The molecule has 1 aliphatic rings. The van der Waals surface area contributed by atoms with Gasteiger partial charge in [0.05, 0.1) is 17.8 Å². The molecule has 1 aromatic heterocycles. The van der Waals surface area contributed by atoms with Crippen LogP contribution in [0.25, 0.3) is 0 Å². The number of rotatable bonds is 6. The van der Waals surface area contributed by atoms with Gasteiger partial charge in [0.15, 0.2) is 5.13 Å². The van der Waals surface area contributed by atoms with E-state index in [1.807, 2.05) is 5.38 Å². The molecule has 0 unspecified atom stereocenters. The number of thiazole rings is 1. The van der Waals surface area contributed by atoms with Gasteiger partial charge in [0.2, 0.25) is 5.91 Å². The van der Waals surface area contributed by atoms with Gasteiger partial charge in [-0.05, 0) is 20.3 Å². The number of carbonyl (C=O) groups is 1. The topological polar surface area (TPSA) is 80.5 Å². The summed E-state index contributed by atoms with van der Waals surface area (Å²) in [7, 11) is 1.70. The van der Waals surface area contributed by atoms with Crippen molar-refractivity contribution in [1.29, 1.82) is 0 Å². The van der Waals surface area contributed by atoms with Crippen LogP contribution >= 0.6 is 11.3 Å². The average molecular weight is 312 g/mol. The lowest BCUT2D eigenvalue weighted by atomic mass is 10.2. The van der Waals surface area contributed by atoms with Crippen LogP contribution in [0.4, 0.5) is 5.13 Å². The molecule has 0 aliphatic carbocycles. The van der Waals surface area contributed by atoms with E-state index in [0.717, 1.165) is 18.8 Å². The first kappa shape index (κ1) is 16.2. The number of likely N-dealkylation sites (tertiary alicyclic amines) is 1. The van der Waals surface area contributed by atoms with Gasteiger partial charge in [-0.15, -0.1) is 11.3 Å². The van der Waals surface area contributed by atoms with Crippen LogP contribution in [0.15, 0.2) is 5.38 Å². The van der Waals surface area contributed by atoms with E-state index in [2.05, 4.69) is 29.0 Å². The predicted octanol–water partition coefficient (Wildman–Crippen LogP) is 0.882. The van der Waals surface area contributed by atoms with Gasteiger partial charge in [-0.1, -0.05) is 0 Å². The van der Waals surface area contributed by atoms with Crippen molar-refractivity contribution in [1.82, 2.24) is 15.2 Å². The van der Waals surface area contributed by atoms with Crippen LogP contribution in [-0.2, 0) is 16.0 Å². The summed E-state index contributed by atoms with van der Waals surface area (Å²) in [6, 6.07) is 0.521. The second kappa shape index (κ2) is 7.20. The van der Waals surface area contributed by atoms with E-state index in [1.54, 1.807) is 7.11 Å². The zero-order valence-corrected chi connectivity index (χ0v) is 13.7. The largest absolute Gasteiger partial charge is 0.378 e. The fourth-order valence-corrected chi connectivity index (χ4v) is 3.16. The van der Waals surface area contributed by atoms with Crippen molar-refractivity contribution >= 4 is 22.4 Å². The summed E-state index contributed by atoms with van der Waals surface area (Å²) < 4.78 is 5.49. The van der Waals surface area contributed by atoms with Gasteiger partial charge in [0.1, 0.15) is 0 Å². The zero-order valence-electron chi connectivity index (χ0n) is 12.8. The summed E-state index contributed by atoms with van der Waals surface area (Å²) in [6.45, 7) is 6.01. The molecule has 1 fully saturated rings. The molecule has 0 bridgehead atoms. The fourth-order valence-electron chi connectivity index (χ4n) is 2.56. The van der Waals surface area contributed by atoms with E-state index < -0.39 is 0 Å². The number of nitrogen functional groups attached to an aromatic ring is 1. The highest BCUT2D eigenvalue weighted by atomic mass is 32.1. The number of ether oxygens (including phenoxy) is 1. The van der Waals surface area contributed by atoms with Crippen LogP contribution in [0, 0.1) is 0 Å². The molecule has 1 aromatic rings. The van der Waals surface area contributed by atoms with E-state index in [9.17, 15) is 4.79 Å². The van der Waals surface area contributed by atoms with Crippen molar-refractivity contribution in [3.63, 3.8) is 0 Å². The Kier molecular flexibility index (Phi) is 5.55. The Morgan fingerprint density at radius 2 is 2.38 bits per heavy atom. The predicted molar refractivity (Wildman–Crippen MR) is 84.3 cm³/mol. The number of methoxy groups -OCH3 is 1. The first-order chi connectivity index (χ1) is 9.99. The molecule has 1 saturated heterocycles. The third-order valence-electron chi connectivity index (χ3n) is 3.85. The third kappa shape index (κ3) is 4.39. The molecule has 2 rings (SSSR count). The molecule has 1 aliphatic heterocycles. The number of aryl methyl sites for hydroxylation is 1. The van der Waals surface area contributed by atoms with Crippen LogP contribution in [0.1, 0.15) is 26.0 Å². The number of carbonyl (C=O) groups excluding carboxylic acids is 1. The number of amides is 1. The Morgan fingerprint density at radius 1 is 1.62 bits per heavy atom. The van der Waals surface area contributed by atoms with Crippen molar-refractivity contribution in [2.75, 3.05) is 25.9 Å². The molecule has 1 amide bonds. The third-order valence-corrected chi connectivity index (χ3v) is 4.57. The van der Waals surface area contributed by atoms with Crippen LogP contribution in [0.3, 0.4) is 0 Å². The number of hydrogen-bond donors (Lipinski definition) is 2. The smallest absolute Gasteiger partial charge is 0.220 e. The lowest BCUT2D eigenvalue weighted by molar-refractivity contribution is -0.122. The molecule has 2 heterocycles. The van der Waals surface area contributed by atoms with Gasteiger partial charge < -0.3 is 15.8 Å². The summed E-state index contributed by atoms with van der Waals surface area (Å²) in [5, 5.41) is 5.53. The van der Waals surface area contributed by atoms with Crippen molar-refractivity contribution in [3.05, 3.63) is 11.1 Å². The van der Waals surface area contributed by atoms with Crippen molar-refractivity contribution in [2.45, 2.75) is 44.9 Å². The van der Waals surface area contributed by atoms with E-state index in [-0.39, 0.29) is 18.1 Å². The summed E-state index contributed by atoms with van der Waals surface area (Å²) in [5.74, 6) is 0.0410. The molecular formula is C14H24N4O2S. The SMILES string of the molecule is CO[C@@H]1CN(C(C)C)C[C@H]1NC(=O)CCc1csc(N)n1. The molecule has 7 heteroatoms. The normalized spacial score (nSPS) is 22.9. The molecule has 3 N–H and O–H groups in total. The minimum atomic E-state index is 0.0410. The second-order valence-corrected chi connectivity index (χ2v) is 6.56. The van der Waals surface area contributed by atoms with Crippen molar-refractivity contribution < 1.29 is 9.53 Å². The molecule has 118 valence electrons. The van der Waals surface area contributed by atoms with Crippen LogP contribution in [0.2, 0.25) is 0 Å². The molecule has 21 heavy (non-hydrogen) atoms. The highest BCUT2D eigenvalue weighted by molar-refractivity contribution is 7.13. The Hall–Kier alpha value is -1.18. The van der Waals surface area contributed by atoms with Gasteiger partial charge >= 0.3 is 0 Å².